The van der Waals surface area contributed by atoms with E-state index < -0.39 is 5.91 Å². The number of primary amides is 1. The normalized spacial score (nSPS) is 12.5. The average Bonchev–Trinajstić information content (AvgIpc) is 3.01. The third kappa shape index (κ3) is 3.69. The molecule has 0 aromatic heterocycles. The molecule has 23 heavy (non-hydrogen) atoms. The fourth-order valence-electron chi connectivity index (χ4n) is 2.71. The second kappa shape index (κ2) is 6.52. The van der Waals surface area contributed by atoms with E-state index in [2.05, 4.69) is 11.4 Å². The third-order valence-electron chi connectivity index (χ3n) is 3.89. The zero-order chi connectivity index (χ0) is 16.2. The summed E-state index contributed by atoms with van der Waals surface area (Å²) >= 11 is 0. The Bertz CT molecular complexity index is 738. The van der Waals surface area contributed by atoms with Crippen molar-refractivity contribution in [1.29, 1.82) is 0 Å². The Morgan fingerprint density at radius 1 is 1.04 bits per heavy atom. The molecule has 0 fully saturated rings. The third-order valence-corrected chi connectivity index (χ3v) is 3.89. The minimum absolute atomic E-state index is 0.0903. The van der Waals surface area contributed by atoms with Gasteiger partial charge in [-0.25, -0.2) is 0 Å². The van der Waals surface area contributed by atoms with Gasteiger partial charge in [-0.1, -0.05) is 6.07 Å². The smallest absolute Gasteiger partial charge is 0.262 e. The lowest BCUT2D eigenvalue weighted by Crippen LogP contribution is -2.20. The fourth-order valence-corrected chi connectivity index (χ4v) is 2.71. The molecule has 5 heteroatoms. The highest BCUT2D eigenvalue weighted by atomic mass is 16.5. The number of amides is 2. The Hall–Kier alpha value is -2.82. The summed E-state index contributed by atoms with van der Waals surface area (Å²) in [6.45, 7) is -0.0903. The van der Waals surface area contributed by atoms with Crippen molar-refractivity contribution >= 4 is 17.5 Å². The summed E-state index contributed by atoms with van der Waals surface area (Å²) in [7, 11) is 0. The summed E-state index contributed by atoms with van der Waals surface area (Å²) in [6.07, 6.45) is 3.37. The van der Waals surface area contributed by atoms with Crippen molar-refractivity contribution in [3.8, 4) is 5.75 Å². The molecule has 1 aliphatic rings. The Balaban J connectivity index is 1.54. The van der Waals surface area contributed by atoms with Crippen LogP contribution in [0.2, 0.25) is 0 Å². The van der Waals surface area contributed by atoms with Crippen LogP contribution in [0.15, 0.2) is 42.5 Å². The summed E-state index contributed by atoms with van der Waals surface area (Å²) in [5, 5.41) is 2.83. The molecule has 2 amide bonds. The quantitative estimate of drug-likeness (QED) is 0.889. The van der Waals surface area contributed by atoms with Crippen molar-refractivity contribution in [3.63, 3.8) is 0 Å². The van der Waals surface area contributed by atoms with Gasteiger partial charge in [-0.05, 0) is 66.8 Å². The van der Waals surface area contributed by atoms with Crippen molar-refractivity contribution in [2.24, 2.45) is 5.73 Å². The molecular formula is C18H18N2O3. The van der Waals surface area contributed by atoms with Gasteiger partial charge in [-0.2, -0.15) is 0 Å². The number of anilines is 1. The zero-order valence-electron chi connectivity index (χ0n) is 12.7. The summed E-state index contributed by atoms with van der Waals surface area (Å²) in [4.78, 5) is 22.9. The fraction of sp³-hybridized carbons (Fsp3) is 0.222. The summed E-state index contributed by atoms with van der Waals surface area (Å²) in [6, 6.07) is 12.4. The maximum atomic E-state index is 12.0. The standard InChI is InChI=1S/C18H18N2O3/c19-18(22)13-5-8-16(9-6-13)23-11-17(21)20-15-7-4-12-2-1-3-14(12)10-15/h4-10H,1-3,11H2,(H2,19,22)(H,20,21). The number of carbonyl (C=O) groups is 2. The minimum atomic E-state index is -0.495. The predicted octanol–water partition coefficient (Wildman–Crippen LogP) is 2.29. The van der Waals surface area contributed by atoms with Gasteiger partial charge in [0.25, 0.3) is 5.91 Å². The van der Waals surface area contributed by atoms with Crippen molar-refractivity contribution in [3.05, 3.63) is 59.2 Å². The molecule has 2 aromatic rings. The van der Waals surface area contributed by atoms with Crippen LogP contribution in [-0.4, -0.2) is 18.4 Å². The molecule has 118 valence electrons. The average molecular weight is 310 g/mol. The van der Waals surface area contributed by atoms with E-state index in [9.17, 15) is 9.59 Å². The molecular weight excluding hydrogens is 292 g/mol. The lowest BCUT2D eigenvalue weighted by atomic mass is 10.1. The number of nitrogens with one attached hydrogen (secondary N) is 1. The van der Waals surface area contributed by atoms with E-state index >= 15 is 0 Å². The van der Waals surface area contributed by atoms with Gasteiger partial charge in [0.1, 0.15) is 5.75 Å². The lowest BCUT2D eigenvalue weighted by Gasteiger charge is -2.09. The van der Waals surface area contributed by atoms with Crippen LogP contribution in [0.3, 0.4) is 0 Å². The van der Waals surface area contributed by atoms with Crippen LogP contribution >= 0.6 is 0 Å². The van der Waals surface area contributed by atoms with Gasteiger partial charge >= 0.3 is 0 Å². The molecule has 0 aliphatic heterocycles. The molecule has 0 radical (unpaired) electrons. The Labute approximate surface area is 134 Å². The number of ether oxygens (including phenoxy) is 1. The second-order valence-electron chi connectivity index (χ2n) is 5.56. The first kappa shape index (κ1) is 15.1. The molecule has 0 atom stereocenters. The van der Waals surface area contributed by atoms with E-state index in [1.54, 1.807) is 24.3 Å². The van der Waals surface area contributed by atoms with Crippen LogP contribution in [0.4, 0.5) is 5.69 Å². The van der Waals surface area contributed by atoms with E-state index in [4.69, 9.17) is 10.5 Å². The highest BCUT2D eigenvalue weighted by molar-refractivity contribution is 5.93. The molecule has 1 aliphatic carbocycles. The van der Waals surface area contributed by atoms with Gasteiger partial charge < -0.3 is 15.8 Å². The highest BCUT2D eigenvalue weighted by Crippen LogP contribution is 2.24. The van der Waals surface area contributed by atoms with Crippen molar-refractivity contribution in [1.82, 2.24) is 0 Å². The van der Waals surface area contributed by atoms with Gasteiger partial charge in [-0.3, -0.25) is 9.59 Å². The van der Waals surface area contributed by atoms with Crippen LogP contribution in [0.5, 0.6) is 5.75 Å². The van der Waals surface area contributed by atoms with Gasteiger partial charge in [0.15, 0.2) is 6.61 Å². The first-order valence-corrected chi connectivity index (χ1v) is 7.56. The summed E-state index contributed by atoms with van der Waals surface area (Å²) < 4.78 is 5.40. The maximum absolute atomic E-state index is 12.0. The number of benzene rings is 2. The molecule has 0 saturated carbocycles. The van der Waals surface area contributed by atoms with Gasteiger partial charge in [0.2, 0.25) is 5.91 Å². The molecule has 3 rings (SSSR count). The Kier molecular flexibility index (Phi) is 4.28. The van der Waals surface area contributed by atoms with Crippen LogP contribution in [-0.2, 0) is 17.6 Å². The molecule has 0 bridgehead atoms. The zero-order valence-corrected chi connectivity index (χ0v) is 12.7. The highest BCUT2D eigenvalue weighted by Gasteiger charge is 2.12. The van der Waals surface area contributed by atoms with Gasteiger partial charge in [0.05, 0.1) is 0 Å². The minimum Gasteiger partial charge on any atom is -0.484 e. The number of carbonyl (C=O) groups excluding carboxylic acids is 2. The Morgan fingerprint density at radius 3 is 2.52 bits per heavy atom. The number of hydrogen-bond acceptors (Lipinski definition) is 3. The number of hydrogen-bond donors (Lipinski definition) is 2. The molecule has 0 unspecified atom stereocenters. The number of fused-ring (bicyclic) bond motifs is 1. The summed E-state index contributed by atoms with van der Waals surface area (Å²) in [5.74, 6) is -0.202. The number of nitrogens with two attached hydrogens (primary N) is 1. The first-order valence-electron chi connectivity index (χ1n) is 7.56. The molecule has 0 saturated heterocycles. The van der Waals surface area contributed by atoms with Crippen LogP contribution in [0.25, 0.3) is 0 Å². The van der Waals surface area contributed by atoms with Crippen LogP contribution in [0.1, 0.15) is 27.9 Å². The van der Waals surface area contributed by atoms with E-state index in [-0.39, 0.29) is 12.5 Å². The molecule has 3 N–H and O–H groups in total. The number of rotatable bonds is 5. The van der Waals surface area contributed by atoms with E-state index in [1.165, 1.54) is 17.5 Å². The first-order chi connectivity index (χ1) is 11.1. The van der Waals surface area contributed by atoms with E-state index in [0.29, 0.717) is 11.3 Å². The van der Waals surface area contributed by atoms with Gasteiger partial charge in [-0.15, -0.1) is 0 Å². The summed E-state index contributed by atoms with van der Waals surface area (Å²) in [5.41, 5.74) is 9.04. The lowest BCUT2D eigenvalue weighted by molar-refractivity contribution is -0.118. The SMILES string of the molecule is NC(=O)c1ccc(OCC(=O)Nc2ccc3c(c2)CCC3)cc1. The van der Waals surface area contributed by atoms with Gasteiger partial charge in [0, 0.05) is 11.3 Å². The maximum Gasteiger partial charge on any atom is 0.262 e. The Morgan fingerprint density at radius 2 is 1.78 bits per heavy atom. The molecule has 2 aromatic carbocycles. The number of aryl methyl sites for hydroxylation is 2. The van der Waals surface area contributed by atoms with Crippen molar-refractivity contribution in [2.45, 2.75) is 19.3 Å². The molecule has 0 spiro atoms. The largest absolute Gasteiger partial charge is 0.484 e. The van der Waals surface area contributed by atoms with Crippen molar-refractivity contribution in [2.75, 3.05) is 11.9 Å². The molecule has 5 nitrogen and oxygen atoms in total. The molecule has 0 heterocycles. The second-order valence-corrected chi connectivity index (χ2v) is 5.56. The van der Waals surface area contributed by atoms with Crippen molar-refractivity contribution < 1.29 is 14.3 Å². The topological polar surface area (TPSA) is 81.4 Å². The van der Waals surface area contributed by atoms with E-state index in [0.717, 1.165) is 18.5 Å². The predicted molar refractivity (Wildman–Crippen MR) is 87.6 cm³/mol. The van der Waals surface area contributed by atoms with Crippen LogP contribution < -0.4 is 15.8 Å². The monoisotopic (exact) mass is 310 g/mol. The van der Waals surface area contributed by atoms with Crippen LogP contribution in [0, 0.1) is 0 Å². The van der Waals surface area contributed by atoms with E-state index in [1.807, 2.05) is 12.1 Å².